The summed E-state index contributed by atoms with van der Waals surface area (Å²) in [5.74, 6) is 9.53. The number of carbonyl (C=O) groups is 1. The first kappa shape index (κ1) is 27.6. The van der Waals surface area contributed by atoms with Gasteiger partial charge in [-0.3, -0.25) is 0 Å². The lowest BCUT2D eigenvalue weighted by atomic mass is 10.1. The molecule has 3 aliphatic rings. The van der Waals surface area contributed by atoms with E-state index in [1.54, 1.807) is 6.20 Å². The Labute approximate surface area is 241 Å². The van der Waals surface area contributed by atoms with Crippen LogP contribution in [0, 0.1) is 29.6 Å². The van der Waals surface area contributed by atoms with Crippen LogP contribution in [-0.4, -0.2) is 57.3 Å². The minimum Gasteiger partial charge on any atom is -0.444 e. The number of carbonyl (C=O) groups excluding carboxylic acids is 1. The largest absolute Gasteiger partial charge is 0.444 e. The van der Waals surface area contributed by atoms with E-state index < -0.39 is 5.60 Å². The molecule has 0 spiro atoms. The van der Waals surface area contributed by atoms with Crippen molar-refractivity contribution in [1.82, 2.24) is 19.6 Å². The fraction of sp³-hybridized carbons (Fsp3) is 0.531. The van der Waals surface area contributed by atoms with Gasteiger partial charge in [-0.15, -0.1) is 0 Å². The van der Waals surface area contributed by atoms with E-state index in [2.05, 4.69) is 22.0 Å². The second-order valence-corrected chi connectivity index (χ2v) is 12.3. The molecule has 0 radical (unpaired) electrons. The van der Waals surface area contributed by atoms with Gasteiger partial charge in [-0.1, -0.05) is 17.0 Å². The van der Waals surface area contributed by atoms with Crippen LogP contribution in [0.4, 0.5) is 4.79 Å². The van der Waals surface area contributed by atoms with E-state index in [9.17, 15) is 4.79 Å². The van der Waals surface area contributed by atoms with Crippen molar-refractivity contribution in [3.8, 4) is 23.2 Å². The first-order chi connectivity index (χ1) is 19.7. The lowest BCUT2D eigenvalue weighted by Gasteiger charge is -2.26. The first-order valence-electron chi connectivity index (χ1n) is 14.6. The van der Waals surface area contributed by atoms with Crippen molar-refractivity contribution in [2.45, 2.75) is 71.5 Å². The summed E-state index contributed by atoms with van der Waals surface area (Å²) in [4.78, 5) is 18.6. The summed E-state index contributed by atoms with van der Waals surface area (Å²) in [5, 5.41) is 4.29. The second kappa shape index (κ2) is 11.3. The normalized spacial score (nSPS) is 24.3. The van der Waals surface area contributed by atoms with Crippen LogP contribution < -0.4 is 0 Å². The summed E-state index contributed by atoms with van der Waals surface area (Å²) in [5.41, 5.74) is 2.25. The van der Waals surface area contributed by atoms with Gasteiger partial charge in [-0.25, -0.2) is 9.78 Å². The van der Waals surface area contributed by atoms with E-state index in [1.165, 1.54) is 0 Å². The topological polar surface area (TPSA) is 91.9 Å². The molecule has 6 rings (SSSR count). The summed E-state index contributed by atoms with van der Waals surface area (Å²) in [6.45, 7) is 10.4. The third-order valence-corrected chi connectivity index (χ3v) is 7.89. The number of aromatic nitrogens is 3. The zero-order valence-electron chi connectivity index (χ0n) is 24.2. The van der Waals surface area contributed by atoms with E-state index in [0.29, 0.717) is 30.1 Å². The summed E-state index contributed by atoms with van der Waals surface area (Å²) >= 11 is 0. The molecule has 41 heavy (non-hydrogen) atoms. The van der Waals surface area contributed by atoms with Crippen LogP contribution in [0.3, 0.4) is 0 Å². The highest BCUT2D eigenvalue weighted by molar-refractivity contribution is 5.69. The molecule has 2 aliphatic heterocycles. The van der Waals surface area contributed by atoms with Gasteiger partial charge in [0.2, 0.25) is 0 Å². The molecule has 4 atom stereocenters. The highest BCUT2D eigenvalue weighted by Gasteiger charge is 2.56. The molecule has 0 bridgehead atoms. The van der Waals surface area contributed by atoms with Gasteiger partial charge in [0.25, 0.3) is 0 Å². The van der Waals surface area contributed by atoms with Crippen molar-refractivity contribution in [1.29, 1.82) is 0 Å². The number of rotatable bonds is 6. The minimum atomic E-state index is -0.468. The molecule has 1 aromatic carbocycles. The van der Waals surface area contributed by atoms with Crippen LogP contribution in [0.1, 0.15) is 70.1 Å². The van der Waals surface area contributed by atoms with Crippen molar-refractivity contribution >= 4 is 6.09 Å². The Kier molecular flexibility index (Phi) is 7.62. The molecule has 9 heteroatoms. The number of piperidine rings is 1. The number of imidazole rings is 1. The zero-order chi connectivity index (χ0) is 28.6. The summed E-state index contributed by atoms with van der Waals surface area (Å²) in [6.07, 6.45) is 6.26. The van der Waals surface area contributed by atoms with Gasteiger partial charge in [-0.2, -0.15) is 0 Å². The van der Waals surface area contributed by atoms with Gasteiger partial charge in [-0.05, 0) is 83.1 Å². The van der Waals surface area contributed by atoms with Crippen molar-refractivity contribution in [2.24, 2.45) is 17.8 Å². The smallest absolute Gasteiger partial charge is 0.410 e. The van der Waals surface area contributed by atoms with Crippen LogP contribution in [0.25, 0.3) is 11.3 Å². The lowest BCUT2D eigenvalue weighted by molar-refractivity contribution is -0.188. The minimum absolute atomic E-state index is 0.173. The standard InChI is InChI=1S/C32H38N4O5/c1-21(39-29-7-5-6-16-38-29)30-33-14-15-35(30)18-24-17-28(41-34-24)23-11-8-22(9-12-23)10-13-25-26-19-36(20-27(25)26)31(37)40-32(2,3)4/h8-9,11-12,14-15,17,21,25-27,29H,5-7,16,18-20H2,1-4H3/t21-,25?,26?,27?,29-/m0/s1. The van der Waals surface area contributed by atoms with Gasteiger partial charge in [0.05, 0.1) is 6.54 Å². The molecule has 3 fully saturated rings. The predicted octanol–water partition coefficient (Wildman–Crippen LogP) is 5.66. The van der Waals surface area contributed by atoms with Crippen molar-refractivity contribution in [3.63, 3.8) is 0 Å². The third-order valence-electron chi connectivity index (χ3n) is 7.89. The molecule has 216 valence electrons. The maximum atomic E-state index is 12.3. The maximum Gasteiger partial charge on any atom is 0.410 e. The van der Waals surface area contributed by atoms with E-state index in [4.69, 9.17) is 18.7 Å². The summed E-state index contributed by atoms with van der Waals surface area (Å²) < 4.78 is 25.0. The second-order valence-electron chi connectivity index (χ2n) is 12.3. The Morgan fingerprint density at radius 1 is 1.17 bits per heavy atom. The van der Waals surface area contributed by atoms with E-state index >= 15 is 0 Å². The predicted molar refractivity (Wildman–Crippen MR) is 152 cm³/mol. The Hall–Kier alpha value is -3.61. The van der Waals surface area contributed by atoms with Gasteiger partial charge < -0.3 is 28.2 Å². The average Bonchev–Trinajstić information content (AvgIpc) is 3.42. The fourth-order valence-electron chi connectivity index (χ4n) is 5.72. The summed E-state index contributed by atoms with van der Waals surface area (Å²) in [6, 6.07) is 10.00. The Morgan fingerprint density at radius 3 is 2.66 bits per heavy atom. The number of ether oxygens (including phenoxy) is 3. The molecule has 1 aliphatic carbocycles. The summed E-state index contributed by atoms with van der Waals surface area (Å²) in [7, 11) is 0. The molecular formula is C32H38N4O5. The number of nitrogens with zero attached hydrogens (tertiary/aromatic N) is 4. The fourth-order valence-corrected chi connectivity index (χ4v) is 5.72. The Balaban J connectivity index is 1.02. The SMILES string of the molecule is C[C@H](O[C@H]1CCCCO1)c1nccn1Cc1cc(-c2ccc(C#CC3C4CN(C(=O)OC(C)(C)C)CC34)cc2)on1. The lowest BCUT2D eigenvalue weighted by Crippen LogP contribution is -2.37. The highest BCUT2D eigenvalue weighted by atomic mass is 16.7. The van der Waals surface area contributed by atoms with Crippen LogP contribution in [0.15, 0.2) is 47.2 Å². The van der Waals surface area contributed by atoms with Gasteiger partial charge in [0, 0.05) is 55.2 Å². The Morgan fingerprint density at radius 2 is 1.95 bits per heavy atom. The van der Waals surface area contributed by atoms with E-state index in [1.807, 2.05) is 73.7 Å². The number of hydrogen-bond donors (Lipinski definition) is 0. The van der Waals surface area contributed by atoms with Crippen LogP contribution >= 0.6 is 0 Å². The molecule has 1 amide bonds. The molecule has 2 aromatic heterocycles. The monoisotopic (exact) mass is 558 g/mol. The molecular weight excluding hydrogens is 520 g/mol. The van der Waals surface area contributed by atoms with Crippen molar-refractivity contribution in [2.75, 3.05) is 19.7 Å². The van der Waals surface area contributed by atoms with E-state index in [0.717, 1.165) is 61.6 Å². The van der Waals surface area contributed by atoms with Gasteiger partial charge >= 0.3 is 6.09 Å². The Bertz CT molecular complexity index is 1410. The van der Waals surface area contributed by atoms with E-state index in [-0.39, 0.29) is 18.5 Å². The molecule has 2 saturated heterocycles. The maximum absolute atomic E-state index is 12.3. The number of hydrogen-bond acceptors (Lipinski definition) is 7. The number of benzene rings is 1. The molecule has 1 saturated carbocycles. The first-order valence-corrected chi connectivity index (χ1v) is 14.6. The van der Waals surface area contributed by atoms with Crippen LogP contribution in [0.5, 0.6) is 0 Å². The molecule has 9 nitrogen and oxygen atoms in total. The molecule has 2 unspecified atom stereocenters. The quantitative estimate of drug-likeness (QED) is 0.361. The zero-order valence-corrected chi connectivity index (χ0v) is 24.2. The molecule has 4 heterocycles. The molecule has 3 aromatic rings. The molecule has 0 N–H and O–H groups in total. The average molecular weight is 559 g/mol. The number of likely N-dealkylation sites (tertiary alicyclic amines) is 1. The van der Waals surface area contributed by atoms with Gasteiger partial charge in [0.15, 0.2) is 12.1 Å². The van der Waals surface area contributed by atoms with Crippen LogP contribution in [-0.2, 0) is 20.8 Å². The van der Waals surface area contributed by atoms with Crippen molar-refractivity contribution in [3.05, 3.63) is 59.8 Å². The number of fused-ring (bicyclic) bond motifs is 1. The third kappa shape index (κ3) is 6.50. The van der Waals surface area contributed by atoms with Crippen LogP contribution in [0.2, 0.25) is 0 Å². The highest BCUT2D eigenvalue weighted by Crippen LogP contribution is 2.51. The van der Waals surface area contributed by atoms with Gasteiger partial charge in [0.1, 0.15) is 23.2 Å². The number of amides is 1. The van der Waals surface area contributed by atoms with Crippen molar-refractivity contribution < 1.29 is 23.5 Å².